The maximum absolute atomic E-state index is 8.79. The summed E-state index contributed by atoms with van der Waals surface area (Å²) >= 11 is 0. The SMILES string of the molecule is CCNc1ccc(C#N)c(C)c1C. The van der Waals surface area contributed by atoms with Crippen LogP contribution < -0.4 is 5.32 Å². The molecule has 0 bridgehead atoms. The molecule has 13 heavy (non-hydrogen) atoms. The lowest BCUT2D eigenvalue weighted by molar-refractivity contribution is 1.18. The average molecular weight is 174 g/mol. The third-order valence-electron chi connectivity index (χ3n) is 2.27. The Hall–Kier alpha value is -1.49. The van der Waals surface area contributed by atoms with Gasteiger partial charge in [0.05, 0.1) is 11.6 Å². The number of nitrogens with zero attached hydrogens (tertiary/aromatic N) is 1. The Morgan fingerprint density at radius 1 is 1.31 bits per heavy atom. The zero-order valence-electron chi connectivity index (χ0n) is 8.31. The van der Waals surface area contributed by atoms with Crippen molar-refractivity contribution in [1.82, 2.24) is 0 Å². The van der Waals surface area contributed by atoms with E-state index in [9.17, 15) is 0 Å². The van der Waals surface area contributed by atoms with Gasteiger partial charge in [-0.3, -0.25) is 0 Å². The molecule has 0 aliphatic heterocycles. The first-order valence-electron chi connectivity index (χ1n) is 4.44. The van der Waals surface area contributed by atoms with Crippen LogP contribution in [0.3, 0.4) is 0 Å². The van der Waals surface area contributed by atoms with Gasteiger partial charge in [-0.1, -0.05) is 0 Å². The van der Waals surface area contributed by atoms with E-state index in [0.29, 0.717) is 0 Å². The van der Waals surface area contributed by atoms with Gasteiger partial charge < -0.3 is 5.32 Å². The second-order valence-electron chi connectivity index (χ2n) is 3.05. The van der Waals surface area contributed by atoms with Gasteiger partial charge in [0, 0.05) is 12.2 Å². The molecule has 1 rings (SSSR count). The zero-order valence-corrected chi connectivity index (χ0v) is 8.31. The van der Waals surface area contributed by atoms with Gasteiger partial charge >= 0.3 is 0 Å². The van der Waals surface area contributed by atoms with Crippen molar-refractivity contribution < 1.29 is 0 Å². The van der Waals surface area contributed by atoms with Crippen LogP contribution in [0.5, 0.6) is 0 Å². The molecule has 1 N–H and O–H groups in total. The standard InChI is InChI=1S/C11H14N2/c1-4-13-11-6-5-10(7-12)8(2)9(11)3/h5-6,13H,4H2,1-3H3. The van der Waals surface area contributed by atoms with E-state index >= 15 is 0 Å². The van der Waals surface area contributed by atoms with Gasteiger partial charge in [-0.25, -0.2) is 0 Å². The summed E-state index contributed by atoms with van der Waals surface area (Å²) in [6, 6.07) is 6.00. The molecule has 0 radical (unpaired) electrons. The number of benzene rings is 1. The molecule has 0 amide bonds. The molecule has 1 aromatic carbocycles. The molecule has 0 spiro atoms. The van der Waals surface area contributed by atoms with Crippen molar-refractivity contribution in [2.45, 2.75) is 20.8 Å². The van der Waals surface area contributed by atoms with Crippen molar-refractivity contribution >= 4 is 5.69 Å². The largest absolute Gasteiger partial charge is 0.385 e. The van der Waals surface area contributed by atoms with E-state index in [1.807, 2.05) is 26.0 Å². The Morgan fingerprint density at radius 2 is 2.00 bits per heavy atom. The molecule has 0 unspecified atom stereocenters. The van der Waals surface area contributed by atoms with Crippen LogP contribution in [0.2, 0.25) is 0 Å². The quantitative estimate of drug-likeness (QED) is 0.748. The molecule has 0 aliphatic carbocycles. The van der Waals surface area contributed by atoms with Crippen LogP contribution in [0.1, 0.15) is 23.6 Å². The average Bonchev–Trinajstić information content (AvgIpc) is 2.14. The van der Waals surface area contributed by atoms with Gasteiger partial charge in [-0.2, -0.15) is 5.26 Å². The molecule has 68 valence electrons. The number of anilines is 1. The van der Waals surface area contributed by atoms with E-state index in [1.165, 1.54) is 5.56 Å². The number of nitriles is 1. The molecule has 0 saturated heterocycles. The molecule has 0 saturated carbocycles. The van der Waals surface area contributed by atoms with Crippen molar-refractivity contribution in [1.29, 1.82) is 5.26 Å². The predicted molar refractivity (Wildman–Crippen MR) is 54.8 cm³/mol. The lowest BCUT2D eigenvalue weighted by atomic mass is 10.0. The summed E-state index contributed by atoms with van der Waals surface area (Å²) in [6.07, 6.45) is 0. The summed E-state index contributed by atoms with van der Waals surface area (Å²) in [4.78, 5) is 0. The minimum absolute atomic E-state index is 0.763. The Labute approximate surface area is 79.2 Å². The summed E-state index contributed by atoms with van der Waals surface area (Å²) < 4.78 is 0. The van der Waals surface area contributed by atoms with Crippen LogP contribution in [0.15, 0.2) is 12.1 Å². The summed E-state index contributed by atoms with van der Waals surface area (Å²) in [7, 11) is 0. The van der Waals surface area contributed by atoms with Crippen molar-refractivity contribution in [2.24, 2.45) is 0 Å². The van der Waals surface area contributed by atoms with Crippen LogP contribution >= 0.6 is 0 Å². The van der Waals surface area contributed by atoms with Gasteiger partial charge in [0.2, 0.25) is 0 Å². The molecule has 0 atom stereocenters. The summed E-state index contributed by atoms with van der Waals surface area (Å²) in [5.41, 5.74) is 4.13. The van der Waals surface area contributed by atoms with Crippen LogP contribution in [-0.4, -0.2) is 6.54 Å². The Bertz CT molecular complexity index is 348. The molecule has 1 aromatic rings. The molecule has 0 fully saturated rings. The second kappa shape index (κ2) is 3.95. The highest BCUT2D eigenvalue weighted by molar-refractivity contribution is 5.58. The summed E-state index contributed by atoms with van der Waals surface area (Å²) in [5, 5.41) is 12.1. The monoisotopic (exact) mass is 174 g/mol. The molecular formula is C11H14N2. The first-order chi connectivity index (χ1) is 6.20. The van der Waals surface area contributed by atoms with E-state index in [1.54, 1.807) is 0 Å². The van der Waals surface area contributed by atoms with Crippen LogP contribution in [-0.2, 0) is 0 Å². The minimum Gasteiger partial charge on any atom is -0.385 e. The molecule has 2 heteroatoms. The fourth-order valence-electron chi connectivity index (χ4n) is 1.32. The van der Waals surface area contributed by atoms with Gasteiger partial charge in [0.15, 0.2) is 0 Å². The third kappa shape index (κ3) is 1.81. The Kier molecular flexibility index (Phi) is 2.92. The van der Waals surface area contributed by atoms with Gasteiger partial charge in [0.1, 0.15) is 0 Å². The van der Waals surface area contributed by atoms with Gasteiger partial charge in [0.25, 0.3) is 0 Å². The molecular weight excluding hydrogens is 160 g/mol. The predicted octanol–water partition coefficient (Wildman–Crippen LogP) is 2.61. The van der Waals surface area contributed by atoms with Crippen LogP contribution in [0, 0.1) is 25.2 Å². The fraction of sp³-hybridized carbons (Fsp3) is 0.364. The van der Waals surface area contributed by atoms with Crippen LogP contribution in [0.4, 0.5) is 5.69 Å². The number of rotatable bonds is 2. The lowest BCUT2D eigenvalue weighted by Crippen LogP contribution is -2.00. The van der Waals surface area contributed by atoms with E-state index in [0.717, 1.165) is 23.4 Å². The summed E-state index contributed by atoms with van der Waals surface area (Å²) in [6.45, 7) is 6.99. The van der Waals surface area contributed by atoms with Crippen LogP contribution in [0.25, 0.3) is 0 Å². The molecule has 0 aliphatic rings. The van der Waals surface area contributed by atoms with Crippen molar-refractivity contribution in [3.8, 4) is 6.07 Å². The van der Waals surface area contributed by atoms with Gasteiger partial charge in [-0.05, 0) is 44.0 Å². The van der Waals surface area contributed by atoms with Crippen molar-refractivity contribution in [3.63, 3.8) is 0 Å². The number of hydrogen-bond acceptors (Lipinski definition) is 2. The highest BCUT2D eigenvalue weighted by Crippen LogP contribution is 2.21. The first-order valence-corrected chi connectivity index (χ1v) is 4.44. The number of nitrogens with one attached hydrogen (secondary N) is 1. The van der Waals surface area contributed by atoms with E-state index in [4.69, 9.17) is 5.26 Å². The van der Waals surface area contributed by atoms with E-state index in [2.05, 4.69) is 18.3 Å². The molecule has 0 aromatic heterocycles. The lowest BCUT2D eigenvalue weighted by Gasteiger charge is -2.10. The van der Waals surface area contributed by atoms with Gasteiger partial charge in [-0.15, -0.1) is 0 Å². The highest BCUT2D eigenvalue weighted by Gasteiger charge is 2.04. The zero-order chi connectivity index (χ0) is 9.84. The van der Waals surface area contributed by atoms with E-state index < -0.39 is 0 Å². The molecule has 0 heterocycles. The van der Waals surface area contributed by atoms with Crippen molar-refractivity contribution in [3.05, 3.63) is 28.8 Å². The Morgan fingerprint density at radius 3 is 2.54 bits per heavy atom. The fourth-order valence-corrected chi connectivity index (χ4v) is 1.32. The van der Waals surface area contributed by atoms with Crippen molar-refractivity contribution in [2.75, 3.05) is 11.9 Å². The number of hydrogen-bond donors (Lipinski definition) is 1. The second-order valence-corrected chi connectivity index (χ2v) is 3.05. The maximum Gasteiger partial charge on any atom is 0.0994 e. The van der Waals surface area contributed by atoms with E-state index in [-0.39, 0.29) is 0 Å². The molecule has 2 nitrogen and oxygen atoms in total. The Balaban J connectivity index is 3.17. The maximum atomic E-state index is 8.79. The third-order valence-corrected chi connectivity index (χ3v) is 2.27. The minimum atomic E-state index is 0.763. The topological polar surface area (TPSA) is 35.8 Å². The highest BCUT2D eigenvalue weighted by atomic mass is 14.9. The first kappa shape index (κ1) is 9.60. The normalized spacial score (nSPS) is 9.38. The summed E-state index contributed by atoms with van der Waals surface area (Å²) in [5.74, 6) is 0. The smallest absolute Gasteiger partial charge is 0.0994 e.